The van der Waals surface area contributed by atoms with Gasteiger partial charge in [0, 0.05) is 0 Å². The molecule has 0 aliphatic rings. The summed E-state index contributed by atoms with van der Waals surface area (Å²) in [7, 11) is 0. The van der Waals surface area contributed by atoms with E-state index in [9.17, 15) is 44.7 Å². The van der Waals surface area contributed by atoms with Crippen molar-refractivity contribution in [2.75, 3.05) is 13.2 Å². The summed E-state index contributed by atoms with van der Waals surface area (Å²) in [5, 5.41) is 8.96. The Morgan fingerprint density at radius 3 is 1.81 bits per heavy atom. The van der Waals surface area contributed by atoms with Gasteiger partial charge in [-0.3, -0.25) is 9.59 Å². The Kier molecular flexibility index (Phi) is 10.1. The van der Waals surface area contributed by atoms with Gasteiger partial charge < -0.3 is 9.47 Å². The van der Waals surface area contributed by atoms with E-state index in [4.69, 9.17) is 5.26 Å². The molecule has 0 amide bonds. The summed E-state index contributed by atoms with van der Waals surface area (Å²) < 4.78 is 109. The van der Waals surface area contributed by atoms with Crippen molar-refractivity contribution >= 4 is 24.0 Å². The normalized spacial score (nSPS) is 13.8. The average molecular weight is 426 g/mol. The zero-order chi connectivity index (χ0) is 20.5. The maximum atomic E-state index is 12.6. The van der Waals surface area contributed by atoms with Gasteiger partial charge in [0.25, 0.3) is 0 Å². The highest BCUT2D eigenvalue weighted by atomic mass is 32.2. The lowest BCUT2D eigenvalue weighted by Gasteiger charge is -2.18. The molecule has 1 N–H and O–H groups in total. The Hall–Kier alpha value is -1.39. The molecule has 0 aromatic rings. The van der Waals surface area contributed by atoms with Crippen LogP contribution in [0.1, 0.15) is 6.42 Å². The molecule has 0 rings (SSSR count). The van der Waals surface area contributed by atoms with Gasteiger partial charge >= 0.3 is 36.6 Å². The third kappa shape index (κ3) is 8.81. The standard InChI is InChI=1S/C10H10F8O7S/c11-7(12)9(15,16)2-22-5(19)1-4(26-25-24-21)6(20)23-3-10(17,18)8(13)14/h4,7-8,21H,1-3H2. The summed E-state index contributed by atoms with van der Waals surface area (Å²) in [4.78, 5) is 22.7. The highest BCUT2D eigenvalue weighted by Crippen LogP contribution is 2.26. The van der Waals surface area contributed by atoms with Crippen LogP contribution in [0, 0.1) is 0 Å². The second kappa shape index (κ2) is 10.7. The quantitative estimate of drug-likeness (QED) is 0.168. The first-order valence-electron chi connectivity index (χ1n) is 6.11. The maximum Gasteiger partial charge on any atom is 0.340 e. The van der Waals surface area contributed by atoms with Crippen LogP contribution in [0.4, 0.5) is 35.1 Å². The van der Waals surface area contributed by atoms with Crippen LogP contribution < -0.4 is 0 Å². The molecule has 0 radical (unpaired) electrons. The van der Waals surface area contributed by atoms with Crippen LogP contribution >= 0.6 is 12.0 Å². The van der Waals surface area contributed by atoms with Gasteiger partial charge in [-0.2, -0.15) is 17.6 Å². The molecule has 0 aliphatic heterocycles. The van der Waals surface area contributed by atoms with Gasteiger partial charge in [-0.15, -0.1) is 4.33 Å². The van der Waals surface area contributed by atoms with Gasteiger partial charge in [-0.1, -0.05) is 5.04 Å². The third-order valence-electron chi connectivity index (χ3n) is 2.27. The van der Waals surface area contributed by atoms with Crippen LogP contribution in [0.15, 0.2) is 0 Å². The second-order valence-electron chi connectivity index (χ2n) is 4.32. The highest BCUT2D eigenvalue weighted by molar-refractivity contribution is 7.95. The Labute approximate surface area is 143 Å². The van der Waals surface area contributed by atoms with E-state index in [1.165, 1.54) is 0 Å². The highest BCUT2D eigenvalue weighted by Gasteiger charge is 2.44. The van der Waals surface area contributed by atoms with E-state index in [0.717, 1.165) is 0 Å². The number of hydrogen-bond donors (Lipinski definition) is 1. The summed E-state index contributed by atoms with van der Waals surface area (Å²) in [6.07, 6.45) is -9.60. The van der Waals surface area contributed by atoms with Crippen LogP contribution in [-0.4, -0.2) is 60.4 Å². The van der Waals surface area contributed by atoms with Gasteiger partial charge in [-0.05, 0) is 0 Å². The Balaban J connectivity index is 4.72. The predicted octanol–water partition coefficient (Wildman–Crippen LogP) is 2.70. The molecule has 0 fully saturated rings. The number of rotatable bonds is 12. The lowest BCUT2D eigenvalue weighted by Crippen LogP contribution is -2.36. The zero-order valence-electron chi connectivity index (χ0n) is 12.2. The van der Waals surface area contributed by atoms with Crippen LogP contribution in [0.5, 0.6) is 0 Å². The smallest absolute Gasteiger partial charge is 0.340 e. The van der Waals surface area contributed by atoms with Gasteiger partial charge in [-0.25, -0.2) is 22.8 Å². The zero-order valence-corrected chi connectivity index (χ0v) is 13.0. The first kappa shape index (κ1) is 24.6. The summed E-state index contributed by atoms with van der Waals surface area (Å²) in [6.45, 7) is -4.16. The van der Waals surface area contributed by atoms with Crippen LogP contribution in [0.2, 0.25) is 0 Å². The number of ether oxygens (including phenoxy) is 2. The number of hydrogen-bond acceptors (Lipinski definition) is 8. The van der Waals surface area contributed by atoms with E-state index in [1.54, 1.807) is 0 Å². The molecule has 0 bridgehead atoms. The molecule has 0 spiro atoms. The summed E-state index contributed by atoms with van der Waals surface area (Å²) >= 11 is -0.259. The molecule has 0 aromatic carbocycles. The minimum absolute atomic E-state index is 0.259. The first-order valence-corrected chi connectivity index (χ1v) is 6.91. The molecule has 0 heterocycles. The number of esters is 2. The number of carbonyl (C=O) groups excluding carboxylic acids is 2. The Bertz CT molecular complexity index is 465. The van der Waals surface area contributed by atoms with Gasteiger partial charge in [0.05, 0.1) is 18.5 Å². The molecular formula is C10H10F8O7S. The van der Waals surface area contributed by atoms with Crippen LogP contribution in [-0.2, 0) is 28.4 Å². The van der Waals surface area contributed by atoms with Crippen LogP contribution in [0.3, 0.4) is 0 Å². The van der Waals surface area contributed by atoms with Crippen molar-refractivity contribution in [1.29, 1.82) is 0 Å². The lowest BCUT2D eigenvalue weighted by atomic mass is 10.3. The first-order chi connectivity index (χ1) is 11.8. The average Bonchev–Trinajstić information content (AvgIpc) is 2.54. The van der Waals surface area contributed by atoms with E-state index in [1.807, 2.05) is 0 Å². The fraction of sp³-hybridized carbons (Fsp3) is 0.800. The Morgan fingerprint density at radius 2 is 1.38 bits per heavy atom. The number of carbonyl (C=O) groups is 2. The predicted molar refractivity (Wildman–Crippen MR) is 64.6 cm³/mol. The minimum atomic E-state index is -4.72. The van der Waals surface area contributed by atoms with Crippen molar-refractivity contribution in [3.8, 4) is 0 Å². The van der Waals surface area contributed by atoms with Crippen molar-refractivity contribution in [2.45, 2.75) is 36.4 Å². The van der Waals surface area contributed by atoms with Crippen molar-refractivity contribution < 1.29 is 68.8 Å². The molecule has 0 aliphatic carbocycles. The topological polar surface area (TPSA) is 91.3 Å². The SMILES string of the molecule is O=C(CC(SOOO)C(=O)OCC(F)(F)C(F)F)OCC(F)(F)C(F)F. The molecule has 1 unspecified atom stereocenters. The molecule has 0 aromatic heterocycles. The molecule has 1 atom stereocenters. The van der Waals surface area contributed by atoms with Crippen molar-refractivity contribution in [3.05, 3.63) is 0 Å². The monoisotopic (exact) mass is 426 g/mol. The molecule has 0 saturated heterocycles. The van der Waals surface area contributed by atoms with E-state index in [2.05, 4.69) is 18.8 Å². The molecule has 26 heavy (non-hydrogen) atoms. The summed E-state index contributed by atoms with van der Waals surface area (Å²) in [5.74, 6) is -12.9. The lowest BCUT2D eigenvalue weighted by molar-refractivity contribution is -0.432. The van der Waals surface area contributed by atoms with Crippen molar-refractivity contribution in [2.24, 2.45) is 0 Å². The molecule has 7 nitrogen and oxygen atoms in total. The van der Waals surface area contributed by atoms with E-state index >= 15 is 0 Å². The molecule has 154 valence electrons. The summed E-state index contributed by atoms with van der Waals surface area (Å²) in [6, 6.07) is 0. The molecule has 16 heteroatoms. The van der Waals surface area contributed by atoms with Gasteiger partial charge in [0.15, 0.2) is 13.2 Å². The van der Waals surface area contributed by atoms with Crippen LogP contribution in [0.25, 0.3) is 0 Å². The number of alkyl halides is 8. The molecular weight excluding hydrogens is 416 g/mol. The van der Waals surface area contributed by atoms with Crippen molar-refractivity contribution in [3.63, 3.8) is 0 Å². The Morgan fingerprint density at radius 1 is 0.923 bits per heavy atom. The minimum Gasteiger partial charge on any atom is -0.459 e. The fourth-order valence-corrected chi connectivity index (χ4v) is 1.48. The fourth-order valence-electron chi connectivity index (χ4n) is 0.995. The van der Waals surface area contributed by atoms with Gasteiger partial charge in [0.2, 0.25) is 0 Å². The summed E-state index contributed by atoms with van der Waals surface area (Å²) in [5.41, 5.74) is 0. The maximum absolute atomic E-state index is 12.6. The van der Waals surface area contributed by atoms with E-state index < -0.39 is 61.5 Å². The third-order valence-corrected chi connectivity index (χ3v) is 3.00. The second-order valence-corrected chi connectivity index (χ2v) is 5.22. The van der Waals surface area contributed by atoms with Crippen molar-refractivity contribution in [1.82, 2.24) is 0 Å². The van der Waals surface area contributed by atoms with E-state index in [0.29, 0.717) is 0 Å². The number of halogens is 8. The molecule has 0 saturated carbocycles. The largest absolute Gasteiger partial charge is 0.459 e. The van der Waals surface area contributed by atoms with Gasteiger partial charge in [0.1, 0.15) is 5.25 Å². The van der Waals surface area contributed by atoms with E-state index in [-0.39, 0.29) is 12.0 Å².